The average Bonchev–Trinajstić information content (AvgIpc) is 2.44. The molecule has 1 aromatic rings. The summed E-state index contributed by atoms with van der Waals surface area (Å²) in [5.41, 5.74) is -1.86. The van der Waals surface area contributed by atoms with Crippen LogP contribution in [-0.4, -0.2) is 32.4 Å². The summed E-state index contributed by atoms with van der Waals surface area (Å²) in [6, 6.07) is 1.64. The highest BCUT2D eigenvalue weighted by Gasteiger charge is 2.37. The lowest BCUT2D eigenvalue weighted by Crippen LogP contribution is -2.19. The fourth-order valence-corrected chi connectivity index (χ4v) is 2.02. The molecular weight excluding hydrogens is 311 g/mol. The third-order valence-corrected chi connectivity index (χ3v) is 3.05. The molecule has 0 amide bonds. The number of nitrogens with one attached hydrogen (secondary N) is 2. The van der Waals surface area contributed by atoms with Crippen LogP contribution in [0.4, 0.5) is 24.5 Å². The molecule has 0 aromatic heterocycles. The highest BCUT2D eigenvalue weighted by atomic mass is 32.2. The number of alkyl halides is 3. The Bertz CT molecular complexity index is 525. The molecule has 0 aliphatic heterocycles. The first-order chi connectivity index (χ1) is 9.76. The molecule has 0 radical (unpaired) electrons. The number of rotatable bonds is 5. The van der Waals surface area contributed by atoms with Gasteiger partial charge in [0.1, 0.15) is 5.69 Å². The topological polar surface area (TPSA) is 73.8 Å². The van der Waals surface area contributed by atoms with Crippen LogP contribution >= 0.6 is 12.1 Å². The molecule has 0 aliphatic carbocycles. The van der Waals surface area contributed by atoms with E-state index in [-0.39, 0.29) is 11.4 Å². The van der Waals surface area contributed by atoms with Crippen LogP contribution in [0.3, 0.4) is 0 Å². The molecule has 3 N–H and O–H groups in total. The third-order valence-electron chi connectivity index (χ3n) is 2.50. The van der Waals surface area contributed by atoms with Crippen LogP contribution in [0.1, 0.15) is 15.9 Å². The molecule has 0 unspecified atom stereocenters. The number of halogens is 3. The Balaban J connectivity index is 3.52. The molecule has 0 atom stereocenters. The molecule has 6 nitrogen and oxygen atoms in total. The molecule has 0 heterocycles. The second-order valence-corrected chi connectivity index (χ2v) is 4.66. The number of hydrogen-bond acceptors (Lipinski definition) is 7. The minimum Gasteiger partial charge on any atom is -0.465 e. The normalized spacial score (nSPS) is 11.2. The Morgan fingerprint density at radius 2 is 2.00 bits per heavy atom. The summed E-state index contributed by atoms with van der Waals surface area (Å²) in [6.07, 6.45) is -4.77. The van der Waals surface area contributed by atoms with E-state index in [0.717, 1.165) is 13.2 Å². The largest absolute Gasteiger partial charge is 0.465 e. The molecule has 0 saturated carbocycles. The first-order valence-corrected chi connectivity index (χ1v) is 6.37. The van der Waals surface area contributed by atoms with Crippen molar-refractivity contribution in [3.8, 4) is 0 Å². The van der Waals surface area contributed by atoms with E-state index in [1.165, 1.54) is 14.1 Å². The van der Waals surface area contributed by atoms with Crippen molar-refractivity contribution in [2.75, 3.05) is 31.0 Å². The van der Waals surface area contributed by atoms with Crippen molar-refractivity contribution in [2.24, 2.45) is 0 Å². The van der Waals surface area contributed by atoms with Crippen molar-refractivity contribution >= 4 is 29.5 Å². The SMILES string of the molecule is CNSN(O)c1cc(C(F)(F)F)c(C(=O)OC)cc1NC. The lowest BCUT2D eigenvalue weighted by atomic mass is 10.0. The zero-order valence-electron chi connectivity index (χ0n) is 11.4. The van der Waals surface area contributed by atoms with E-state index in [1.807, 2.05) is 0 Å². The Morgan fingerprint density at radius 3 is 2.43 bits per heavy atom. The minimum atomic E-state index is -4.77. The first kappa shape index (κ1) is 17.4. The standard InChI is InChI=1S/C11H14F3N3O3S/c1-15-8-4-6(10(18)20-3)7(11(12,13)14)5-9(8)17(19)21-16-2/h4-5,15-16,19H,1-3H3. The average molecular weight is 325 g/mol. The maximum atomic E-state index is 13.1. The van der Waals surface area contributed by atoms with Crippen molar-refractivity contribution in [1.82, 2.24) is 4.72 Å². The predicted molar refractivity (Wildman–Crippen MR) is 73.2 cm³/mol. The number of carbonyl (C=O) groups is 1. The Labute approximate surface area is 123 Å². The molecular formula is C11H14F3N3O3S. The van der Waals surface area contributed by atoms with E-state index in [0.29, 0.717) is 22.7 Å². The number of benzene rings is 1. The monoisotopic (exact) mass is 325 g/mol. The van der Waals surface area contributed by atoms with Gasteiger partial charge in [-0.25, -0.2) is 9.52 Å². The van der Waals surface area contributed by atoms with E-state index in [2.05, 4.69) is 14.8 Å². The summed E-state index contributed by atoms with van der Waals surface area (Å²) in [5.74, 6) is -1.11. The van der Waals surface area contributed by atoms with Gasteiger partial charge in [0.05, 0.1) is 36.1 Å². The fraction of sp³-hybridized carbons (Fsp3) is 0.364. The van der Waals surface area contributed by atoms with Crippen LogP contribution in [0.15, 0.2) is 12.1 Å². The quantitative estimate of drug-likeness (QED) is 0.436. The number of carbonyl (C=O) groups excluding carboxylic acids is 1. The van der Waals surface area contributed by atoms with Gasteiger partial charge in [0.15, 0.2) is 0 Å². The van der Waals surface area contributed by atoms with Gasteiger partial charge in [0, 0.05) is 7.05 Å². The minimum absolute atomic E-state index is 0.133. The summed E-state index contributed by atoms with van der Waals surface area (Å²) in [4.78, 5) is 11.5. The number of esters is 1. The molecule has 0 aliphatic rings. The van der Waals surface area contributed by atoms with Crippen molar-refractivity contribution in [3.05, 3.63) is 23.3 Å². The Kier molecular flexibility index (Phi) is 5.70. The lowest BCUT2D eigenvalue weighted by molar-refractivity contribution is -0.138. The molecule has 0 fully saturated rings. The number of ether oxygens (including phenoxy) is 1. The van der Waals surface area contributed by atoms with Crippen molar-refractivity contribution < 1.29 is 27.9 Å². The molecule has 21 heavy (non-hydrogen) atoms. The van der Waals surface area contributed by atoms with Gasteiger partial charge in [0.25, 0.3) is 0 Å². The maximum Gasteiger partial charge on any atom is 0.417 e. The van der Waals surface area contributed by atoms with Gasteiger partial charge in [0.2, 0.25) is 0 Å². The molecule has 1 rings (SSSR count). The van der Waals surface area contributed by atoms with Gasteiger partial charge in [-0.15, -0.1) is 0 Å². The third kappa shape index (κ3) is 3.93. The Hall–Kier alpha value is -1.65. The van der Waals surface area contributed by atoms with Crippen LogP contribution in [0.5, 0.6) is 0 Å². The van der Waals surface area contributed by atoms with Gasteiger partial charge in [-0.3, -0.25) is 5.21 Å². The van der Waals surface area contributed by atoms with Crippen molar-refractivity contribution in [2.45, 2.75) is 6.18 Å². The van der Waals surface area contributed by atoms with Crippen LogP contribution < -0.4 is 14.5 Å². The van der Waals surface area contributed by atoms with Gasteiger partial charge in [-0.05, 0) is 19.2 Å². The van der Waals surface area contributed by atoms with E-state index in [4.69, 9.17) is 0 Å². The predicted octanol–water partition coefficient (Wildman–Crippen LogP) is 2.51. The molecule has 10 heteroatoms. The molecule has 0 spiro atoms. The highest BCUT2D eigenvalue weighted by Crippen LogP contribution is 2.39. The van der Waals surface area contributed by atoms with E-state index in [9.17, 15) is 23.2 Å². The van der Waals surface area contributed by atoms with E-state index in [1.54, 1.807) is 0 Å². The van der Waals surface area contributed by atoms with Gasteiger partial charge in [-0.1, -0.05) is 0 Å². The number of hydrogen-bond donors (Lipinski definition) is 3. The van der Waals surface area contributed by atoms with Crippen molar-refractivity contribution in [3.63, 3.8) is 0 Å². The smallest absolute Gasteiger partial charge is 0.417 e. The number of methoxy groups -OCH3 is 1. The zero-order valence-corrected chi connectivity index (χ0v) is 12.2. The lowest BCUT2D eigenvalue weighted by Gasteiger charge is -2.21. The van der Waals surface area contributed by atoms with Crippen LogP contribution in [0.2, 0.25) is 0 Å². The summed E-state index contributed by atoms with van der Waals surface area (Å²) in [7, 11) is 3.93. The molecule has 118 valence electrons. The Morgan fingerprint density at radius 1 is 1.38 bits per heavy atom. The highest BCUT2D eigenvalue weighted by molar-refractivity contribution is 7.98. The fourth-order valence-electron chi connectivity index (χ4n) is 1.60. The summed E-state index contributed by atoms with van der Waals surface area (Å²) < 4.78 is 46.6. The number of nitrogens with zero attached hydrogens (tertiary/aromatic N) is 1. The second kappa shape index (κ2) is 6.87. The molecule has 0 bridgehead atoms. The molecule has 1 aromatic carbocycles. The molecule has 0 saturated heterocycles. The summed E-state index contributed by atoms with van der Waals surface area (Å²) in [5, 5.41) is 12.3. The number of anilines is 2. The van der Waals surface area contributed by atoms with Crippen LogP contribution in [0.25, 0.3) is 0 Å². The van der Waals surface area contributed by atoms with Gasteiger partial charge in [-0.2, -0.15) is 17.6 Å². The second-order valence-electron chi connectivity index (χ2n) is 3.72. The summed E-state index contributed by atoms with van der Waals surface area (Å²) >= 11 is 0.669. The van der Waals surface area contributed by atoms with Gasteiger partial charge >= 0.3 is 12.1 Å². The maximum absolute atomic E-state index is 13.1. The van der Waals surface area contributed by atoms with E-state index < -0.39 is 23.3 Å². The van der Waals surface area contributed by atoms with Crippen LogP contribution in [0, 0.1) is 0 Å². The summed E-state index contributed by atoms with van der Waals surface area (Å²) in [6.45, 7) is 0. The van der Waals surface area contributed by atoms with Crippen molar-refractivity contribution in [1.29, 1.82) is 0 Å². The first-order valence-electron chi connectivity index (χ1n) is 5.60. The van der Waals surface area contributed by atoms with E-state index >= 15 is 0 Å². The van der Waals surface area contributed by atoms with Gasteiger partial charge < -0.3 is 10.1 Å². The zero-order chi connectivity index (χ0) is 16.2. The van der Waals surface area contributed by atoms with Crippen LogP contribution in [-0.2, 0) is 10.9 Å².